The van der Waals surface area contributed by atoms with Crippen molar-refractivity contribution < 1.29 is 9.59 Å². The van der Waals surface area contributed by atoms with Gasteiger partial charge < -0.3 is 5.32 Å². The molecule has 106 valence electrons. The number of nitrogens with one attached hydrogen (secondary N) is 2. The fourth-order valence-corrected chi connectivity index (χ4v) is 2.27. The number of rotatable bonds is 4. The molecule has 2 N–H and O–H groups in total. The zero-order valence-corrected chi connectivity index (χ0v) is 11.3. The van der Waals surface area contributed by atoms with Crippen LogP contribution in [0.3, 0.4) is 0 Å². The lowest BCUT2D eigenvalue weighted by molar-refractivity contribution is -0.126. The Morgan fingerprint density at radius 1 is 0.952 bits per heavy atom. The van der Waals surface area contributed by atoms with Crippen molar-refractivity contribution in [3.63, 3.8) is 0 Å². The van der Waals surface area contributed by atoms with Crippen molar-refractivity contribution in [2.45, 2.75) is 12.5 Å². The van der Waals surface area contributed by atoms with Gasteiger partial charge in [-0.1, -0.05) is 48.5 Å². The summed E-state index contributed by atoms with van der Waals surface area (Å²) in [6, 6.07) is 17.8. The topological polar surface area (TPSA) is 61.4 Å². The molecule has 5 nitrogen and oxygen atoms in total. The van der Waals surface area contributed by atoms with Crippen LogP contribution in [0.2, 0.25) is 0 Å². The second kappa shape index (κ2) is 5.66. The molecule has 1 aliphatic heterocycles. The third-order valence-corrected chi connectivity index (χ3v) is 3.32. The number of urea groups is 1. The van der Waals surface area contributed by atoms with Crippen LogP contribution in [0.15, 0.2) is 60.7 Å². The minimum atomic E-state index is -0.531. The Kier molecular flexibility index (Phi) is 3.55. The SMILES string of the molecule is O=C1NC(Cc2ccccc2)C(=O)N1Nc1ccccc1. The molecule has 0 bridgehead atoms. The third-order valence-electron chi connectivity index (χ3n) is 3.32. The van der Waals surface area contributed by atoms with Crippen molar-refractivity contribution in [1.82, 2.24) is 10.3 Å². The van der Waals surface area contributed by atoms with E-state index in [2.05, 4.69) is 10.7 Å². The van der Waals surface area contributed by atoms with E-state index in [4.69, 9.17) is 0 Å². The number of carbonyl (C=O) groups is 2. The van der Waals surface area contributed by atoms with E-state index < -0.39 is 12.1 Å². The number of anilines is 1. The van der Waals surface area contributed by atoms with Crippen LogP contribution in [0.5, 0.6) is 0 Å². The standard InChI is InChI=1S/C16H15N3O2/c20-15-14(11-12-7-3-1-4-8-12)17-16(21)19(15)18-13-9-5-2-6-10-13/h1-10,14,18H,11H2,(H,17,21). The third kappa shape index (κ3) is 2.86. The van der Waals surface area contributed by atoms with Gasteiger partial charge in [0.05, 0.1) is 5.69 Å². The molecular weight excluding hydrogens is 266 g/mol. The van der Waals surface area contributed by atoms with Gasteiger partial charge in [0.2, 0.25) is 0 Å². The zero-order valence-electron chi connectivity index (χ0n) is 11.3. The first kappa shape index (κ1) is 13.2. The summed E-state index contributed by atoms with van der Waals surface area (Å²) < 4.78 is 0. The van der Waals surface area contributed by atoms with Gasteiger partial charge in [0.15, 0.2) is 0 Å². The van der Waals surface area contributed by atoms with Crippen LogP contribution in [0.1, 0.15) is 5.56 Å². The lowest BCUT2D eigenvalue weighted by Gasteiger charge is -2.15. The van der Waals surface area contributed by atoms with Gasteiger partial charge in [0.25, 0.3) is 5.91 Å². The molecule has 0 radical (unpaired) electrons. The molecule has 0 aromatic heterocycles. The Bertz CT molecular complexity index is 643. The molecule has 1 atom stereocenters. The van der Waals surface area contributed by atoms with Crippen LogP contribution in [-0.4, -0.2) is 23.0 Å². The van der Waals surface area contributed by atoms with Crippen LogP contribution < -0.4 is 10.7 Å². The fraction of sp³-hybridized carbons (Fsp3) is 0.125. The highest BCUT2D eigenvalue weighted by Crippen LogP contribution is 2.14. The molecule has 1 aliphatic rings. The molecule has 1 fully saturated rings. The van der Waals surface area contributed by atoms with Crippen LogP contribution in [0, 0.1) is 0 Å². The minimum absolute atomic E-state index is 0.271. The van der Waals surface area contributed by atoms with Gasteiger partial charge in [-0.15, -0.1) is 0 Å². The summed E-state index contributed by atoms with van der Waals surface area (Å²) in [5.74, 6) is -0.271. The van der Waals surface area contributed by atoms with E-state index in [0.717, 1.165) is 10.6 Å². The van der Waals surface area contributed by atoms with E-state index in [1.54, 1.807) is 12.1 Å². The number of nitrogens with zero attached hydrogens (tertiary/aromatic N) is 1. The normalized spacial score (nSPS) is 17.7. The second-order valence-corrected chi connectivity index (χ2v) is 4.84. The fourth-order valence-electron chi connectivity index (χ4n) is 2.27. The van der Waals surface area contributed by atoms with Crippen molar-refractivity contribution >= 4 is 17.6 Å². The number of imide groups is 1. The Labute approximate surface area is 122 Å². The monoisotopic (exact) mass is 281 g/mol. The summed E-state index contributed by atoms with van der Waals surface area (Å²) in [4.78, 5) is 24.2. The van der Waals surface area contributed by atoms with E-state index in [-0.39, 0.29) is 5.91 Å². The number of amides is 3. The minimum Gasteiger partial charge on any atom is -0.324 e. The maximum Gasteiger partial charge on any atom is 0.344 e. The number of hydrogen-bond donors (Lipinski definition) is 2. The second-order valence-electron chi connectivity index (χ2n) is 4.84. The van der Waals surface area contributed by atoms with Gasteiger partial charge in [-0.25, -0.2) is 4.79 Å². The van der Waals surface area contributed by atoms with Crippen LogP contribution in [-0.2, 0) is 11.2 Å². The molecule has 1 heterocycles. The summed E-state index contributed by atoms with van der Waals surface area (Å²) in [5, 5.41) is 3.73. The molecule has 0 saturated carbocycles. The first-order valence-corrected chi connectivity index (χ1v) is 6.74. The molecular formula is C16H15N3O2. The number of hydrazine groups is 1. The summed E-state index contributed by atoms with van der Waals surface area (Å²) in [5.41, 5.74) is 4.54. The van der Waals surface area contributed by atoms with E-state index in [1.807, 2.05) is 48.5 Å². The first-order valence-electron chi connectivity index (χ1n) is 6.74. The molecule has 0 spiro atoms. The maximum atomic E-state index is 12.3. The highest BCUT2D eigenvalue weighted by molar-refractivity contribution is 6.05. The predicted molar refractivity (Wildman–Crippen MR) is 79.4 cm³/mol. The number of hydrogen-bond acceptors (Lipinski definition) is 3. The van der Waals surface area contributed by atoms with Crippen molar-refractivity contribution in [3.8, 4) is 0 Å². The number of carbonyl (C=O) groups excluding carboxylic acids is 2. The molecule has 21 heavy (non-hydrogen) atoms. The van der Waals surface area contributed by atoms with Gasteiger partial charge in [0.1, 0.15) is 6.04 Å². The number of para-hydroxylation sites is 1. The first-order chi connectivity index (χ1) is 10.2. The van der Waals surface area contributed by atoms with E-state index in [0.29, 0.717) is 12.1 Å². The highest BCUT2D eigenvalue weighted by atomic mass is 16.2. The Balaban J connectivity index is 1.70. The molecule has 2 aromatic carbocycles. The van der Waals surface area contributed by atoms with Gasteiger partial charge in [-0.3, -0.25) is 10.2 Å². The Morgan fingerprint density at radius 3 is 2.24 bits per heavy atom. The highest BCUT2D eigenvalue weighted by Gasteiger charge is 2.38. The van der Waals surface area contributed by atoms with Crippen LogP contribution >= 0.6 is 0 Å². The summed E-state index contributed by atoms with van der Waals surface area (Å²) in [6.45, 7) is 0. The van der Waals surface area contributed by atoms with E-state index >= 15 is 0 Å². The Morgan fingerprint density at radius 2 is 1.57 bits per heavy atom. The lowest BCUT2D eigenvalue weighted by Crippen LogP contribution is -2.37. The van der Waals surface area contributed by atoms with Crippen LogP contribution in [0.4, 0.5) is 10.5 Å². The van der Waals surface area contributed by atoms with Crippen LogP contribution in [0.25, 0.3) is 0 Å². The van der Waals surface area contributed by atoms with Gasteiger partial charge >= 0.3 is 6.03 Å². The van der Waals surface area contributed by atoms with Crippen molar-refractivity contribution in [2.75, 3.05) is 5.43 Å². The Hall–Kier alpha value is -2.82. The quantitative estimate of drug-likeness (QED) is 0.844. The van der Waals surface area contributed by atoms with Gasteiger partial charge in [0, 0.05) is 6.42 Å². The zero-order chi connectivity index (χ0) is 14.7. The molecule has 0 aliphatic carbocycles. The molecule has 1 unspecified atom stereocenters. The molecule has 1 saturated heterocycles. The summed E-state index contributed by atoms with van der Waals surface area (Å²) in [7, 11) is 0. The smallest absolute Gasteiger partial charge is 0.324 e. The summed E-state index contributed by atoms with van der Waals surface area (Å²) >= 11 is 0. The van der Waals surface area contributed by atoms with Gasteiger partial charge in [-0.05, 0) is 17.7 Å². The van der Waals surface area contributed by atoms with Crippen molar-refractivity contribution in [2.24, 2.45) is 0 Å². The van der Waals surface area contributed by atoms with Crippen molar-refractivity contribution in [3.05, 3.63) is 66.2 Å². The lowest BCUT2D eigenvalue weighted by atomic mass is 10.1. The maximum absolute atomic E-state index is 12.3. The number of benzene rings is 2. The summed E-state index contributed by atoms with van der Waals surface area (Å²) in [6.07, 6.45) is 0.485. The average Bonchev–Trinajstić information content (AvgIpc) is 2.77. The molecule has 3 amide bonds. The largest absolute Gasteiger partial charge is 0.344 e. The average molecular weight is 281 g/mol. The van der Waals surface area contributed by atoms with Crippen molar-refractivity contribution in [1.29, 1.82) is 0 Å². The molecule has 5 heteroatoms. The van der Waals surface area contributed by atoms with E-state index in [9.17, 15) is 9.59 Å². The predicted octanol–water partition coefficient (Wildman–Crippen LogP) is 2.18. The molecule has 3 rings (SSSR count). The molecule has 2 aromatic rings. The van der Waals surface area contributed by atoms with Gasteiger partial charge in [-0.2, -0.15) is 5.01 Å². The van der Waals surface area contributed by atoms with E-state index in [1.165, 1.54) is 0 Å².